The summed E-state index contributed by atoms with van der Waals surface area (Å²) in [6.07, 6.45) is 0. The second kappa shape index (κ2) is 5.69. The number of benzene rings is 2. The average molecular weight is 277 g/mol. The fourth-order valence-electron chi connectivity index (χ4n) is 1.94. The fourth-order valence-corrected chi connectivity index (χ4v) is 1.94. The minimum absolute atomic E-state index is 0.104. The highest BCUT2D eigenvalue weighted by Crippen LogP contribution is 2.18. The molecular weight excluding hydrogens is 264 g/mol. The van der Waals surface area contributed by atoms with Gasteiger partial charge in [0.1, 0.15) is 11.6 Å². The van der Waals surface area contributed by atoms with Gasteiger partial charge in [0.15, 0.2) is 0 Å². The van der Waals surface area contributed by atoms with E-state index in [-0.39, 0.29) is 17.9 Å². The van der Waals surface area contributed by atoms with Crippen LogP contribution >= 0.6 is 0 Å². The van der Waals surface area contributed by atoms with Crippen LogP contribution in [0.2, 0.25) is 0 Å². The van der Waals surface area contributed by atoms with E-state index in [0.29, 0.717) is 11.3 Å². The lowest BCUT2D eigenvalue weighted by Gasteiger charge is -2.19. The van der Waals surface area contributed by atoms with Crippen molar-refractivity contribution in [1.29, 1.82) is 0 Å². The second-order valence-corrected chi connectivity index (χ2v) is 4.49. The molecule has 0 aliphatic carbocycles. The third kappa shape index (κ3) is 3.32. The molecule has 0 radical (unpaired) electrons. The van der Waals surface area contributed by atoms with Crippen LogP contribution in [0, 0.1) is 11.6 Å². The molecule has 0 heterocycles. The summed E-state index contributed by atoms with van der Waals surface area (Å²) in [6.45, 7) is 0.279. The summed E-state index contributed by atoms with van der Waals surface area (Å²) in [5, 5.41) is 8.89. The van der Waals surface area contributed by atoms with Crippen LogP contribution in [-0.2, 0) is 6.54 Å². The van der Waals surface area contributed by atoms with Gasteiger partial charge in [-0.2, -0.15) is 0 Å². The number of carboxylic acids is 1. The maximum absolute atomic E-state index is 13.4. The van der Waals surface area contributed by atoms with Crippen LogP contribution in [0.3, 0.4) is 0 Å². The number of hydrogen-bond donors (Lipinski definition) is 1. The van der Waals surface area contributed by atoms with Crippen molar-refractivity contribution in [2.24, 2.45) is 0 Å². The predicted molar refractivity (Wildman–Crippen MR) is 71.9 cm³/mol. The summed E-state index contributed by atoms with van der Waals surface area (Å²) in [6, 6.07) is 9.63. The smallest absolute Gasteiger partial charge is 0.335 e. The molecular formula is C15H13F2NO2. The highest BCUT2D eigenvalue weighted by molar-refractivity contribution is 5.87. The van der Waals surface area contributed by atoms with Crippen LogP contribution in [0.15, 0.2) is 42.5 Å². The monoisotopic (exact) mass is 277 g/mol. The van der Waals surface area contributed by atoms with Gasteiger partial charge in [-0.05, 0) is 42.0 Å². The van der Waals surface area contributed by atoms with Crippen LogP contribution in [0.4, 0.5) is 14.5 Å². The number of anilines is 1. The molecule has 0 saturated heterocycles. The number of carboxylic acid groups (broad SMARTS) is 1. The summed E-state index contributed by atoms with van der Waals surface area (Å²) >= 11 is 0. The van der Waals surface area contributed by atoms with Crippen molar-refractivity contribution in [1.82, 2.24) is 0 Å². The van der Waals surface area contributed by atoms with E-state index in [0.717, 1.165) is 6.07 Å². The Morgan fingerprint density at radius 3 is 2.55 bits per heavy atom. The first-order valence-corrected chi connectivity index (χ1v) is 5.95. The van der Waals surface area contributed by atoms with E-state index in [1.807, 2.05) is 0 Å². The minimum Gasteiger partial charge on any atom is -0.478 e. The normalized spacial score (nSPS) is 10.3. The summed E-state index contributed by atoms with van der Waals surface area (Å²) < 4.78 is 26.5. The SMILES string of the molecule is CN(Cc1cc(F)cc(C(=O)O)c1)c1cccc(F)c1. The molecule has 2 aromatic rings. The lowest BCUT2D eigenvalue weighted by Crippen LogP contribution is -2.17. The Hall–Kier alpha value is -2.43. The lowest BCUT2D eigenvalue weighted by atomic mass is 10.1. The van der Waals surface area contributed by atoms with E-state index < -0.39 is 11.8 Å². The fraction of sp³-hybridized carbons (Fsp3) is 0.133. The minimum atomic E-state index is -1.18. The van der Waals surface area contributed by atoms with Crippen LogP contribution in [-0.4, -0.2) is 18.1 Å². The zero-order chi connectivity index (χ0) is 14.7. The van der Waals surface area contributed by atoms with Gasteiger partial charge in [0.25, 0.3) is 0 Å². The van der Waals surface area contributed by atoms with Crippen molar-refractivity contribution in [2.75, 3.05) is 11.9 Å². The van der Waals surface area contributed by atoms with Crippen molar-refractivity contribution in [3.63, 3.8) is 0 Å². The molecule has 0 fully saturated rings. The van der Waals surface area contributed by atoms with Gasteiger partial charge in [0, 0.05) is 19.3 Å². The molecule has 1 N–H and O–H groups in total. The summed E-state index contributed by atoms with van der Waals surface area (Å²) in [5.41, 5.74) is 1.04. The van der Waals surface area contributed by atoms with Gasteiger partial charge < -0.3 is 10.0 Å². The average Bonchev–Trinajstić information content (AvgIpc) is 2.37. The number of halogens is 2. The van der Waals surface area contributed by atoms with E-state index in [9.17, 15) is 13.6 Å². The Bertz CT molecular complexity index is 644. The zero-order valence-electron chi connectivity index (χ0n) is 10.8. The largest absolute Gasteiger partial charge is 0.478 e. The van der Waals surface area contributed by atoms with Crippen molar-refractivity contribution in [2.45, 2.75) is 6.54 Å². The molecule has 0 aliphatic heterocycles. The summed E-state index contributed by atoms with van der Waals surface area (Å²) in [4.78, 5) is 12.6. The molecule has 0 aromatic heterocycles. The molecule has 5 heteroatoms. The second-order valence-electron chi connectivity index (χ2n) is 4.49. The number of rotatable bonds is 4. The van der Waals surface area contributed by atoms with Crippen molar-refractivity contribution < 1.29 is 18.7 Å². The Morgan fingerprint density at radius 1 is 1.15 bits per heavy atom. The van der Waals surface area contributed by atoms with Crippen molar-refractivity contribution in [3.8, 4) is 0 Å². The van der Waals surface area contributed by atoms with Crippen molar-refractivity contribution in [3.05, 3.63) is 65.2 Å². The quantitative estimate of drug-likeness (QED) is 0.932. The Morgan fingerprint density at radius 2 is 1.90 bits per heavy atom. The first-order chi connectivity index (χ1) is 9.45. The maximum atomic E-state index is 13.4. The lowest BCUT2D eigenvalue weighted by molar-refractivity contribution is 0.0696. The molecule has 0 bridgehead atoms. The Labute approximate surface area is 115 Å². The predicted octanol–water partition coefficient (Wildman–Crippen LogP) is 3.30. The van der Waals surface area contributed by atoms with Crippen LogP contribution in [0.25, 0.3) is 0 Å². The van der Waals surface area contributed by atoms with Gasteiger partial charge in [-0.25, -0.2) is 13.6 Å². The number of carbonyl (C=O) groups is 1. The number of hydrogen-bond acceptors (Lipinski definition) is 2. The first-order valence-electron chi connectivity index (χ1n) is 5.95. The highest BCUT2D eigenvalue weighted by Gasteiger charge is 2.09. The molecule has 0 saturated carbocycles. The topological polar surface area (TPSA) is 40.5 Å². The van der Waals surface area contributed by atoms with Crippen LogP contribution < -0.4 is 4.90 Å². The van der Waals surface area contributed by atoms with E-state index in [2.05, 4.69) is 0 Å². The molecule has 104 valence electrons. The molecule has 20 heavy (non-hydrogen) atoms. The molecule has 0 amide bonds. The number of aromatic carboxylic acids is 1. The zero-order valence-corrected chi connectivity index (χ0v) is 10.8. The van der Waals surface area contributed by atoms with E-state index in [1.54, 1.807) is 24.1 Å². The third-order valence-electron chi connectivity index (χ3n) is 2.87. The molecule has 3 nitrogen and oxygen atoms in total. The van der Waals surface area contributed by atoms with Gasteiger partial charge in [0.05, 0.1) is 5.56 Å². The molecule has 0 spiro atoms. The molecule has 2 rings (SSSR count). The van der Waals surface area contributed by atoms with E-state index >= 15 is 0 Å². The summed E-state index contributed by atoms with van der Waals surface area (Å²) in [5.74, 6) is -2.15. The standard InChI is InChI=1S/C15H13F2NO2/c1-18(14-4-2-3-12(16)8-14)9-10-5-11(15(19)20)7-13(17)6-10/h2-8H,9H2,1H3,(H,19,20). The van der Waals surface area contributed by atoms with E-state index in [1.165, 1.54) is 24.3 Å². The third-order valence-corrected chi connectivity index (χ3v) is 2.87. The maximum Gasteiger partial charge on any atom is 0.335 e. The Kier molecular flexibility index (Phi) is 3.98. The summed E-state index contributed by atoms with van der Waals surface area (Å²) in [7, 11) is 1.72. The highest BCUT2D eigenvalue weighted by atomic mass is 19.1. The molecule has 0 aliphatic rings. The van der Waals surface area contributed by atoms with Gasteiger partial charge >= 0.3 is 5.97 Å². The Balaban J connectivity index is 2.23. The first kappa shape index (κ1) is 14.0. The molecule has 2 aromatic carbocycles. The van der Waals surface area contributed by atoms with Crippen LogP contribution in [0.5, 0.6) is 0 Å². The van der Waals surface area contributed by atoms with E-state index in [4.69, 9.17) is 5.11 Å². The number of nitrogens with zero attached hydrogens (tertiary/aromatic N) is 1. The van der Waals surface area contributed by atoms with Gasteiger partial charge in [-0.3, -0.25) is 0 Å². The van der Waals surface area contributed by atoms with Crippen molar-refractivity contribution >= 4 is 11.7 Å². The molecule has 0 unspecified atom stereocenters. The van der Waals surface area contributed by atoms with Gasteiger partial charge in [-0.1, -0.05) is 6.07 Å². The van der Waals surface area contributed by atoms with Gasteiger partial charge in [-0.15, -0.1) is 0 Å². The van der Waals surface area contributed by atoms with Crippen LogP contribution in [0.1, 0.15) is 15.9 Å². The van der Waals surface area contributed by atoms with Gasteiger partial charge in [0.2, 0.25) is 0 Å². The molecule has 0 atom stereocenters.